The Morgan fingerprint density at radius 3 is 2.88 bits per heavy atom. The second-order valence-corrected chi connectivity index (χ2v) is 8.14. The van der Waals surface area contributed by atoms with Crippen molar-refractivity contribution >= 4 is 45.0 Å². The Kier molecular flexibility index (Phi) is 7.64. The van der Waals surface area contributed by atoms with Crippen LogP contribution >= 0.6 is 15.9 Å². The van der Waals surface area contributed by atoms with Gasteiger partial charge in [-0.15, -0.1) is 0 Å². The topological polar surface area (TPSA) is 120 Å². The first-order valence-electron chi connectivity index (χ1n) is 10.4. The molecule has 0 spiro atoms. The molecule has 0 atom stereocenters. The van der Waals surface area contributed by atoms with Crippen LogP contribution in [0, 0.1) is 0 Å². The number of nitrogens with zero attached hydrogens (tertiary/aromatic N) is 4. The summed E-state index contributed by atoms with van der Waals surface area (Å²) >= 11 is 3.48. The average Bonchev–Trinajstić information content (AvgIpc) is 3.30. The Morgan fingerprint density at radius 2 is 2.06 bits per heavy atom. The van der Waals surface area contributed by atoms with Gasteiger partial charge in [-0.3, -0.25) is 9.69 Å². The zero-order valence-electron chi connectivity index (χ0n) is 17.5. The van der Waals surface area contributed by atoms with Crippen LogP contribution in [0.4, 0.5) is 23.1 Å². The average molecular weight is 501 g/mol. The Bertz CT molecular complexity index is 1020. The van der Waals surface area contributed by atoms with Crippen molar-refractivity contribution in [3.05, 3.63) is 53.2 Å². The molecule has 168 valence electrons. The minimum atomic E-state index is -0.0484. The highest BCUT2D eigenvalue weighted by atomic mass is 79.9. The number of hydrogen-bond donors (Lipinski definition) is 4. The summed E-state index contributed by atoms with van der Waals surface area (Å²) in [6.45, 7) is 3.93. The van der Waals surface area contributed by atoms with Gasteiger partial charge in [-0.05, 0) is 34.1 Å². The summed E-state index contributed by atoms with van der Waals surface area (Å²) in [6, 6.07) is 7.48. The summed E-state index contributed by atoms with van der Waals surface area (Å²) in [5.41, 5.74) is 2.54. The van der Waals surface area contributed by atoms with Gasteiger partial charge in [-0.2, -0.15) is 4.98 Å². The van der Waals surface area contributed by atoms with Gasteiger partial charge < -0.3 is 25.7 Å². The maximum Gasteiger partial charge on any atom is 0.238 e. The van der Waals surface area contributed by atoms with Gasteiger partial charge >= 0.3 is 0 Å². The minimum absolute atomic E-state index is 0.0484. The summed E-state index contributed by atoms with van der Waals surface area (Å²) < 4.78 is 6.10. The number of imidazole rings is 1. The highest BCUT2D eigenvalue weighted by Gasteiger charge is 2.14. The van der Waals surface area contributed by atoms with E-state index in [1.54, 1.807) is 18.7 Å². The predicted molar refractivity (Wildman–Crippen MR) is 126 cm³/mol. The number of nitrogens with one attached hydrogen (secondary N) is 4. The summed E-state index contributed by atoms with van der Waals surface area (Å²) in [7, 11) is 0. The van der Waals surface area contributed by atoms with E-state index < -0.39 is 0 Å². The van der Waals surface area contributed by atoms with Crippen LogP contribution in [-0.2, 0) is 16.0 Å². The number of carbonyl (C=O) groups is 1. The van der Waals surface area contributed by atoms with Gasteiger partial charge in [0, 0.05) is 55.5 Å². The zero-order chi connectivity index (χ0) is 22.2. The number of benzene rings is 1. The van der Waals surface area contributed by atoms with E-state index in [2.05, 4.69) is 56.7 Å². The van der Waals surface area contributed by atoms with Crippen molar-refractivity contribution < 1.29 is 9.53 Å². The lowest BCUT2D eigenvalue weighted by Gasteiger charge is -2.25. The number of carbonyl (C=O) groups excluding carboxylic acids is 1. The number of amides is 1. The van der Waals surface area contributed by atoms with E-state index in [0.29, 0.717) is 43.8 Å². The Hall–Kier alpha value is -3.02. The number of morpholine rings is 1. The lowest BCUT2D eigenvalue weighted by Crippen LogP contribution is -2.41. The SMILES string of the molecule is O=C(CN1CCOCC1)Nc1cccc(Nc2ncc(Br)c(NCCc3cnc[nH]3)n2)c1. The molecule has 11 heteroatoms. The molecule has 0 unspecified atom stereocenters. The van der Waals surface area contributed by atoms with Crippen molar-refractivity contribution in [2.75, 3.05) is 55.3 Å². The van der Waals surface area contributed by atoms with Crippen molar-refractivity contribution in [3.63, 3.8) is 0 Å². The standard InChI is InChI=1S/C21H25BrN8O2/c22-18-12-25-21(29-20(18)24-5-4-17-11-23-14-26-17)28-16-3-1-2-15(10-16)27-19(31)13-30-6-8-32-9-7-30/h1-3,10-12,14H,4-9,13H2,(H,23,26)(H,27,31)(H2,24,25,28,29). The van der Waals surface area contributed by atoms with Crippen LogP contribution in [0.15, 0.2) is 47.5 Å². The third-order valence-electron chi connectivity index (χ3n) is 4.86. The molecule has 1 amide bonds. The largest absolute Gasteiger partial charge is 0.379 e. The molecule has 32 heavy (non-hydrogen) atoms. The minimum Gasteiger partial charge on any atom is -0.379 e. The van der Waals surface area contributed by atoms with Gasteiger partial charge in [0.15, 0.2) is 0 Å². The fourth-order valence-corrected chi connectivity index (χ4v) is 3.59. The number of anilines is 4. The molecule has 0 radical (unpaired) electrons. The normalized spacial score (nSPS) is 14.2. The number of rotatable bonds is 9. The predicted octanol–water partition coefficient (Wildman–Crippen LogP) is 2.63. The molecule has 0 aliphatic carbocycles. The lowest BCUT2D eigenvalue weighted by molar-refractivity contribution is -0.118. The summed E-state index contributed by atoms with van der Waals surface area (Å²) in [4.78, 5) is 30.4. The molecule has 2 aromatic heterocycles. The molecule has 4 N–H and O–H groups in total. The second-order valence-electron chi connectivity index (χ2n) is 7.29. The van der Waals surface area contributed by atoms with E-state index in [1.165, 1.54) is 0 Å². The van der Waals surface area contributed by atoms with E-state index in [-0.39, 0.29) is 5.91 Å². The number of H-pyrrole nitrogens is 1. The fourth-order valence-electron chi connectivity index (χ4n) is 3.25. The monoisotopic (exact) mass is 500 g/mol. The number of halogens is 1. The van der Waals surface area contributed by atoms with Gasteiger partial charge in [-0.1, -0.05) is 6.07 Å². The third kappa shape index (κ3) is 6.49. The van der Waals surface area contributed by atoms with E-state index in [4.69, 9.17) is 4.74 Å². The van der Waals surface area contributed by atoms with Crippen LogP contribution < -0.4 is 16.0 Å². The smallest absolute Gasteiger partial charge is 0.238 e. The molecule has 0 saturated carbocycles. The summed E-state index contributed by atoms with van der Waals surface area (Å²) in [5, 5.41) is 9.44. The van der Waals surface area contributed by atoms with Gasteiger partial charge in [-0.25, -0.2) is 9.97 Å². The van der Waals surface area contributed by atoms with Crippen LogP contribution in [0.25, 0.3) is 0 Å². The van der Waals surface area contributed by atoms with Crippen molar-refractivity contribution in [3.8, 4) is 0 Å². The number of aromatic amines is 1. The molecule has 1 saturated heterocycles. The quantitative estimate of drug-likeness (QED) is 0.353. The van der Waals surface area contributed by atoms with Crippen LogP contribution in [0.5, 0.6) is 0 Å². The maximum absolute atomic E-state index is 12.4. The van der Waals surface area contributed by atoms with Gasteiger partial charge in [0.05, 0.1) is 30.6 Å². The molecule has 1 aliphatic rings. The van der Waals surface area contributed by atoms with E-state index in [1.807, 2.05) is 24.3 Å². The van der Waals surface area contributed by atoms with Crippen molar-refractivity contribution in [1.29, 1.82) is 0 Å². The molecule has 1 fully saturated rings. The number of aromatic nitrogens is 4. The van der Waals surface area contributed by atoms with Gasteiger partial charge in [0.1, 0.15) is 5.82 Å². The second kappa shape index (κ2) is 11.0. The Balaban J connectivity index is 1.33. The van der Waals surface area contributed by atoms with Crippen LogP contribution in [-0.4, -0.2) is 70.1 Å². The Labute approximate surface area is 194 Å². The van der Waals surface area contributed by atoms with Gasteiger partial charge in [0.25, 0.3) is 0 Å². The summed E-state index contributed by atoms with van der Waals surface area (Å²) in [5.74, 6) is 1.10. The van der Waals surface area contributed by atoms with Crippen LogP contribution in [0.2, 0.25) is 0 Å². The first kappa shape index (κ1) is 22.2. The molecule has 1 aromatic carbocycles. The first-order valence-corrected chi connectivity index (χ1v) is 11.2. The molecule has 4 rings (SSSR count). The number of hydrogen-bond acceptors (Lipinski definition) is 8. The first-order chi connectivity index (χ1) is 15.7. The van der Waals surface area contributed by atoms with Crippen LogP contribution in [0.3, 0.4) is 0 Å². The van der Waals surface area contributed by atoms with Crippen molar-refractivity contribution in [2.45, 2.75) is 6.42 Å². The highest BCUT2D eigenvalue weighted by molar-refractivity contribution is 9.10. The number of ether oxygens (including phenoxy) is 1. The molecule has 10 nitrogen and oxygen atoms in total. The van der Waals surface area contributed by atoms with E-state index in [9.17, 15) is 4.79 Å². The molecular formula is C21H25BrN8O2. The molecular weight excluding hydrogens is 476 g/mol. The van der Waals surface area contributed by atoms with E-state index >= 15 is 0 Å². The molecule has 0 bridgehead atoms. The molecule has 1 aliphatic heterocycles. The maximum atomic E-state index is 12.4. The third-order valence-corrected chi connectivity index (χ3v) is 5.44. The highest BCUT2D eigenvalue weighted by Crippen LogP contribution is 2.23. The van der Waals surface area contributed by atoms with Crippen molar-refractivity contribution in [1.82, 2.24) is 24.8 Å². The van der Waals surface area contributed by atoms with E-state index in [0.717, 1.165) is 35.4 Å². The van der Waals surface area contributed by atoms with Gasteiger partial charge in [0.2, 0.25) is 11.9 Å². The Morgan fingerprint density at radius 1 is 1.22 bits per heavy atom. The zero-order valence-corrected chi connectivity index (χ0v) is 19.1. The molecule has 3 aromatic rings. The summed E-state index contributed by atoms with van der Waals surface area (Å²) in [6.07, 6.45) is 5.96. The molecule has 3 heterocycles. The fraction of sp³-hybridized carbons (Fsp3) is 0.333. The lowest BCUT2D eigenvalue weighted by atomic mass is 10.2. The van der Waals surface area contributed by atoms with Crippen LogP contribution in [0.1, 0.15) is 5.69 Å². The van der Waals surface area contributed by atoms with Crippen molar-refractivity contribution in [2.24, 2.45) is 0 Å².